The van der Waals surface area contributed by atoms with Crippen LogP contribution in [0.2, 0.25) is 0 Å². The summed E-state index contributed by atoms with van der Waals surface area (Å²) in [4.78, 5) is 11.9. The molecule has 2 aromatic rings. The van der Waals surface area contributed by atoms with Crippen molar-refractivity contribution in [2.24, 2.45) is 0 Å². The Labute approximate surface area is 123 Å². The highest BCUT2D eigenvalue weighted by Gasteiger charge is 2.29. The molecular formula is C12H12N2O2S3. The number of hydrogen-bond donors (Lipinski definition) is 0. The van der Waals surface area contributed by atoms with E-state index < -0.39 is 0 Å². The molecule has 0 spiro atoms. The van der Waals surface area contributed by atoms with Gasteiger partial charge >= 0.3 is 5.97 Å². The molecule has 19 heavy (non-hydrogen) atoms. The van der Waals surface area contributed by atoms with Crippen molar-refractivity contribution in [3.05, 3.63) is 27.4 Å². The first kappa shape index (κ1) is 13.1. The van der Waals surface area contributed by atoms with Crippen LogP contribution in [0, 0.1) is 0 Å². The lowest BCUT2D eigenvalue weighted by Crippen LogP contribution is -2.10. The van der Waals surface area contributed by atoms with Gasteiger partial charge < -0.3 is 4.74 Å². The van der Waals surface area contributed by atoms with Crippen LogP contribution in [0.5, 0.6) is 0 Å². The number of thiophene rings is 1. The molecule has 1 aliphatic carbocycles. The van der Waals surface area contributed by atoms with E-state index in [-0.39, 0.29) is 11.2 Å². The van der Waals surface area contributed by atoms with Crippen LogP contribution in [0.15, 0.2) is 21.2 Å². The van der Waals surface area contributed by atoms with Crippen molar-refractivity contribution >= 4 is 40.4 Å². The summed E-state index contributed by atoms with van der Waals surface area (Å²) >= 11 is 4.59. The van der Waals surface area contributed by atoms with Gasteiger partial charge in [0.2, 0.25) is 0 Å². The standard InChI is InChI=1S/C12H12N2O2S3/c1-16-11(15)9(8-4-5-17-6-8)18-12-14-13-10(19-12)7-2-3-7/h4-7,9H,2-3H2,1H3/t9-/m1/s1. The van der Waals surface area contributed by atoms with Crippen molar-refractivity contribution in [2.75, 3.05) is 7.11 Å². The number of rotatable bonds is 5. The highest BCUT2D eigenvalue weighted by molar-refractivity contribution is 8.01. The van der Waals surface area contributed by atoms with E-state index in [0.717, 1.165) is 14.9 Å². The lowest BCUT2D eigenvalue weighted by Gasteiger charge is -2.10. The number of methoxy groups -OCH3 is 1. The number of nitrogens with zero attached hydrogens (tertiary/aromatic N) is 2. The maximum Gasteiger partial charge on any atom is 0.323 e. The van der Waals surface area contributed by atoms with Gasteiger partial charge in [0.1, 0.15) is 10.3 Å². The van der Waals surface area contributed by atoms with Crippen LogP contribution in [0.25, 0.3) is 0 Å². The normalized spacial score (nSPS) is 16.3. The largest absolute Gasteiger partial charge is 0.468 e. The maximum absolute atomic E-state index is 11.9. The van der Waals surface area contributed by atoms with Crippen LogP contribution in [-0.4, -0.2) is 23.3 Å². The van der Waals surface area contributed by atoms with Crippen LogP contribution in [0.1, 0.15) is 34.6 Å². The van der Waals surface area contributed by atoms with Gasteiger partial charge in [-0.05, 0) is 35.2 Å². The topological polar surface area (TPSA) is 52.1 Å². The molecule has 0 aromatic carbocycles. The van der Waals surface area contributed by atoms with Gasteiger partial charge in [-0.15, -0.1) is 10.2 Å². The first-order chi connectivity index (χ1) is 9.28. The third kappa shape index (κ3) is 2.98. The van der Waals surface area contributed by atoms with Gasteiger partial charge in [-0.3, -0.25) is 4.79 Å². The molecule has 0 radical (unpaired) electrons. The maximum atomic E-state index is 11.9. The molecule has 0 amide bonds. The van der Waals surface area contributed by atoms with E-state index in [0.29, 0.717) is 5.92 Å². The molecule has 0 saturated heterocycles. The molecule has 0 aliphatic heterocycles. The minimum absolute atomic E-state index is 0.244. The molecule has 0 bridgehead atoms. The van der Waals surface area contributed by atoms with Crippen LogP contribution in [0.4, 0.5) is 0 Å². The van der Waals surface area contributed by atoms with E-state index in [2.05, 4.69) is 10.2 Å². The second kappa shape index (κ2) is 5.60. The summed E-state index contributed by atoms with van der Waals surface area (Å²) in [5.41, 5.74) is 0.963. The van der Waals surface area contributed by atoms with E-state index in [9.17, 15) is 4.79 Å². The average molecular weight is 312 g/mol. The van der Waals surface area contributed by atoms with Gasteiger partial charge in [-0.1, -0.05) is 23.1 Å². The van der Waals surface area contributed by atoms with Gasteiger partial charge in [-0.25, -0.2) is 0 Å². The average Bonchev–Trinajstić information content (AvgIpc) is 2.94. The Morgan fingerprint density at radius 2 is 2.37 bits per heavy atom. The second-order valence-electron chi connectivity index (χ2n) is 4.26. The molecule has 1 saturated carbocycles. The quantitative estimate of drug-likeness (QED) is 0.625. The van der Waals surface area contributed by atoms with E-state index in [1.54, 1.807) is 22.7 Å². The summed E-state index contributed by atoms with van der Waals surface area (Å²) in [6.45, 7) is 0. The molecule has 0 unspecified atom stereocenters. The van der Waals surface area contributed by atoms with Crippen molar-refractivity contribution < 1.29 is 9.53 Å². The van der Waals surface area contributed by atoms with Gasteiger partial charge in [0.15, 0.2) is 4.34 Å². The molecule has 100 valence electrons. The number of thioether (sulfide) groups is 1. The van der Waals surface area contributed by atoms with E-state index in [1.165, 1.54) is 31.7 Å². The fourth-order valence-corrected chi connectivity index (χ4v) is 4.67. The monoisotopic (exact) mass is 312 g/mol. The van der Waals surface area contributed by atoms with Crippen LogP contribution in [-0.2, 0) is 9.53 Å². The Hall–Kier alpha value is -0.920. The lowest BCUT2D eigenvalue weighted by atomic mass is 10.2. The van der Waals surface area contributed by atoms with Gasteiger partial charge in [0, 0.05) is 5.92 Å². The van der Waals surface area contributed by atoms with Crippen molar-refractivity contribution in [1.29, 1.82) is 0 Å². The highest BCUT2D eigenvalue weighted by atomic mass is 32.2. The summed E-state index contributed by atoms with van der Waals surface area (Å²) < 4.78 is 5.71. The number of carbonyl (C=O) groups is 1. The van der Waals surface area contributed by atoms with Gasteiger partial charge in [0.25, 0.3) is 0 Å². The Kier molecular flexibility index (Phi) is 3.86. The van der Waals surface area contributed by atoms with Crippen molar-refractivity contribution in [1.82, 2.24) is 10.2 Å². The lowest BCUT2D eigenvalue weighted by molar-refractivity contribution is -0.140. The molecule has 2 aromatic heterocycles. The van der Waals surface area contributed by atoms with Crippen LogP contribution < -0.4 is 0 Å². The summed E-state index contributed by atoms with van der Waals surface area (Å²) in [5.74, 6) is 0.358. The zero-order valence-electron chi connectivity index (χ0n) is 10.2. The molecular weight excluding hydrogens is 300 g/mol. The summed E-state index contributed by atoms with van der Waals surface area (Å²) in [5, 5.41) is 13.0. The van der Waals surface area contributed by atoms with Crippen molar-refractivity contribution in [2.45, 2.75) is 28.3 Å². The number of carbonyl (C=O) groups excluding carboxylic acids is 1. The smallest absolute Gasteiger partial charge is 0.323 e. The zero-order valence-corrected chi connectivity index (χ0v) is 12.7. The fraction of sp³-hybridized carbons (Fsp3) is 0.417. The van der Waals surface area contributed by atoms with Crippen molar-refractivity contribution in [3.63, 3.8) is 0 Å². The molecule has 0 N–H and O–H groups in total. The first-order valence-electron chi connectivity index (χ1n) is 5.88. The van der Waals surface area contributed by atoms with Crippen LogP contribution >= 0.6 is 34.4 Å². The Balaban J connectivity index is 1.77. The number of ether oxygens (including phenoxy) is 1. The van der Waals surface area contributed by atoms with Gasteiger partial charge in [0.05, 0.1) is 7.11 Å². The van der Waals surface area contributed by atoms with E-state index >= 15 is 0 Å². The van der Waals surface area contributed by atoms with Gasteiger partial charge in [-0.2, -0.15) is 11.3 Å². The summed E-state index contributed by atoms with van der Waals surface area (Å²) in [6.07, 6.45) is 2.43. The van der Waals surface area contributed by atoms with Crippen LogP contribution in [0.3, 0.4) is 0 Å². The SMILES string of the molecule is COC(=O)[C@H](Sc1nnc(C2CC2)s1)c1ccsc1. The summed E-state index contributed by atoms with van der Waals surface area (Å²) in [6, 6.07) is 1.95. The number of esters is 1. The molecule has 1 aliphatic rings. The minimum atomic E-state index is -0.351. The Morgan fingerprint density at radius 3 is 3.00 bits per heavy atom. The predicted octanol–water partition coefficient (Wildman–Crippen LogP) is 3.48. The number of aromatic nitrogens is 2. The predicted molar refractivity (Wildman–Crippen MR) is 76.8 cm³/mol. The summed E-state index contributed by atoms with van der Waals surface area (Å²) in [7, 11) is 1.41. The molecule has 1 atom stereocenters. The molecule has 7 heteroatoms. The first-order valence-corrected chi connectivity index (χ1v) is 8.52. The zero-order chi connectivity index (χ0) is 13.2. The third-order valence-corrected chi connectivity index (χ3v) is 5.93. The minimum Gasteiger partial charge on any atom is -0.468 e. The Bertz CT molecular complexity index is 563. The Morgan fingerprint density at radius 1 is 1.53 bits per heavy atom. The third-order valence-electron chi connectivity index (χ3n) is 2.83. The molecule has 2 heterocycles. The molecule has 4 nitrogen and oxygen atoms in total. The molecule has 3 rings (SSSR count). The second-order valence-corrected chi connectivity index (χ2v) is 7.40. The fourth-order valence-electron chi connectivity index (χ4n) is 1.65. The molecule has 1 fully saturated rings. The van der Waals surface area contributed by atoms with E-state index in [4.69, 9.17) is 4.74 Å². The number of hydrogen-bond acceptors (Lipinski definition) is 7. The van der Waals surface area contributed by atoms with E-state index in [1.807, 2.05) is 16.8 Å². The van der Waals surface area contributed by atoms with Crippen molar-refractivity contribution in [3.8, 4) is 0 Å². The highest BCUT2D eigenvalue weighted by Crippen LogP contribution is 2.45.